The van der Waals surface area contributed by atoms with Crippen LogP contribution in [0, 0.1) is 0 Å². The molecule has 1 aliphatic carbocycles. The first-order chi connectivity index (χ1) is 26.0. The van der Waals surface area contributed by atoms with Gasteiger partial charge in [0.1, 0.15) is 104 Å². The molecule has 24 heteroatoms. The zero-order chi connectivity index (χ0) is 40.6. The fourth-order valence-corrected chi connectivity index (χ4v) is 7.29. The van der Waals surface area contributed by atoms with Gasteiger partial charge in [-0.25, -0.2) is 0 Å². The van der Waals surface area contributed by atoms with Gasteiger partial charge >= 0.3 is 0 Å². The fourth-order valence-electron chi connectivity index (χ4n) is 7.29. The second kappa shape index (κ2) is 18.8. The first-order valence-corrected chi connectivity index (χ1v) is 17.6. The molecule has 4 saturated heterocycles. The highest BCUT2D eigenvalue weighted by Gasteiger charge is 2.54. The Bertz CT molecular complexity index is 1250. The SMILES string of the molecule is C[C@H]1O[C@H](O[C@H]2[C@H](O)[C@@H](O)[C@@H](O[C@H]3[C@H](O)[C@@H](O)[C@@H](O)O[C@@H]3CO)O[C@@H]2CO)[C@H](O)[C@@H](O)[C@@H]1N[C@H]1C=C(CO)[C@@H](O[C@H]2O[C@H](CO)[C@@H](O)[C@H](O)[C@H]2O)[C@H](O)[C@H]1O. The van der Waals surface area contributed by atoms with Crippen LogP contribution in [0.3, 0.4) is 0 Å². The van der Waals surface area contributed by atoms with Crippen LogP contribution in [0.25, 0.3) is 0 Å². The topological polar surface area (TPSA) is 400 Å². The summed E-state index contributed by atoms with van der Waals surface area (Å²) in [5.74, 6) is 0. The summed E-state index contributed by atoms with van der Waals surface area (Å²) in [5.41, 5.74) is -0.0544. The second-order valence-electron chi connectivity index (χ2n) is 14.2. The quantitative estimate of drug-likeness (QED) is 0.0814. The average Bonchev–Trinajstić information content (AvgIpc) is 3.17. The van der Waals surface area contributed by atoms with Crippen molar-refractivity contribution in [2.24, 2.45) is 0 Å². The Morgan fingerprint density at radius 3 is 1.58 bits per heavy atom. The van der Waals surface area contributed by atoms with E-state index in [1.165, 1.54) is 13.0 Å². The van der Waals surface area contributed by atoms with Crippen molar-refractivity contribution in [3.63, 3.8) is 0 Å². The van der Waals surface area contributed by atoms with Crippen molar-refractivity contribution < 1.29 is 115 Å². The summed E-state index contributed by atoms with van der Waals surface area (Å²) < 4.78 is 38.5. The van der Waals surface area contributed by atoms with E-state index in [-0.39, 0.29) is 5.57 Å². The molecule has 0 saturated carbocycles. The highest BCUT2D eigenvalue weighted by molar-refractivity contribution is 5.23. The van der Waals surface area contributed by atoms with Gasteiger partial charge in [-0.1, -0.05) is 6.08 Å². The molecular weight excluding hydrogens is 754 g/mol. The minimum atomic E-state index is -1.99. The van der Waals surface area contributed by atoms with E-state index >= 15 is 0 Å². The Kier molecular flexibility index (Phi) is 15.3. The molecule has 17 N–H and O–H groups in total. The Morgan fingerprint density at radius 2 is 1.00 bits per heavy atom. The van der Waals surface area contributed by atoms with Crippen LogP contribution < -0.4 is 5.32 Å². The Hall–Kier alpha value is -1.22. The number of aliphatic hydroxyl groups is 16. The number of hydrogen-bond donors (Lipinski definition) is 17. The van der Waals surface area contributed by atoms with Gasteiger partial charge in [0.05, 0.1) is 44.6 Å². The zero-order valence-corrected chi connectivity index (χ0v) is 29.3. The summed E-state index contributed by atoms with van der Waals surface area (Å²) in [6.45, 7) is -1.79. The van der Waals surface area contributed by atoms with Crippen molar-refractivity contribution in [1.82, 2.24) is 5.32 Å². The second-order valence-corrected chi connectivity index (χ2v) is 14.2. The van der Waals surface area contributed by atoms with Gasteiger partial charge in [-0.3, -0.25) is 0 Å². The highest BCUT2D eigenvalue weighted by Crippen LogP contribution is 2.34. The minimum absolute atomic E-state index is 0.0544. The molecule has 4 heterocycles. The molecule has 0 bridgehead atoms. The van der Waals surface area contributed by atoms with Crippen molar-refractivity contribution >= 4 is 0 Å². The van der Waals surface area contributed by atoms with Crippen LogP contribution in [0.2, 0.25) is 0 Å². The van der Waals surface area contributed by atoms with Gasteiger partial charge < -0.3 is 120 Å². The van der Waals surface area contributed by atoms with E-state index in [1.54, 1.807) is 0 Å². The lowest BCUT2D eigenvalue weighted by molar-refractivity contribution is -0.373. The average molecular weight is 808 g/mol. The lowest BCUT2D eigenvalue weighted by Gasteiger charge is -2.49. The maximum absolute atomic E-state index is 11.2. The van der Waals surface area contributed by atoms with E-state index in [0.29, 0.717) is 0 Å². The molecule has 55 heavy (non-hydrogen) atoms. The molecule has 5 aliphatic rings. The molecule has 0 amide bonds. The molecule has 0 aromatic rings. The molecule has 5 rings (SSSR count). The van der Waals surface area contributed by atoms with Crippen LogP contribution >= 0.6 is 0 Å². The number of nitrogens with one attached hydrogen (secondary N) is 1. The molecule has 0 radical (unpaired) electrons. The summed E-state index contributed by atoms with van der Waals surface area (Å²) in [7, 11) is 0. The summed E-state index contributed by atoms with van der Waals surface area (Å²) in [6, 6.07) is -2.47. The maximum atomic E-state index is 11.2. The standard InChI is InChI=1S/C31H53NO23/c1-7-13(32-9-2-8(3-33)25(18(41)14(9)37)53-30-23(46)17(40)15(38)10(4-34)51-30)16(39)22(45)29(49-7)54-27-12(6-36)52-31(24(47)20(27)43)55-26-11(5-35)50-28(48)21(44)19(26)42/h2,7,9-48H,3-6H2,1H3/t7-,9+,10-,11-,12-,13-,14+,15-,16+,17+,18-,19-,20-,21-,22-,23-,24-,25-,26-,27-,28+,29-,30-,31-/m1/s1. The van der Waals surface area contributed by atoms with Crippen molar-refractivity contribution in [3.05, 3.63) is 11.6 Å². The van der Waals surface area contributed by atoms with E-state index in [1.807, 2.05) is 0 Å². The van der Waals surface area contributed by atoms with Crippen molar-refractivity contribution in [2.45, 2.75) is 154 Å². The first-order valence-electron chi connectivity index (χ1n) is 17.6. The van der Waals surface area contributed by atoms with Crippen LogP contribution in [0.1, 0.15) is 6.92 Å². The van der Waals surface area contributed by atoms with Crippen LogP contribution in [0.5, 0.6) is 0 Å². The van der Waals surface area contributed by atoms with Crippen LogP contribution in [0.15, 0.2) is 11.6 Å². The largest absolute Gasteiger partial charge is 0.394 e. The van der Waals surface area contributed by atoms with E-state index < -0.39 is 174 Å². The third kappa shape index (κ3) is 9.03. The molecule has 4 aliphatic heterocycles. The molecule has 0 unspecified atom stereocenters. The summed E-state index contributed by atoms with van der Waals surface area (Å²) >= 11 is 0. The predicted octanol–water partition coefficient (Wildman–Crippen LogP) is -10.7. The van der Waals surface area contributed by atoms with Gasteiger partial charge in [-0.2, -0.15) is 0 Å². The number of aliphatic hydroxyl groups excluding tert-OH is 16. The molecule has 0 spiro atoms. The third-order valence-corrected chi connectivity index (χ3v) is 10.6. The fraction of sp³-hybridized carbons (Fsp3) is 0.935. The van der Waals surface area contributed by atoms with Gasteiger partial charge in [0.15, 0.2) is 25.2 Å². The van der Waals surface area contributed by atoms with Crippen molar-refractivity contribution in [1.29, 1.82) is 0 Å². The van der Waals surface area contributed by atoms with E-state index in [4.69, 9.17) is 33.2 Å². The minimum Gasteiger partial charge on any atom is -0.394 e. The number of rotatable bonds is 12. The van der Waals surface area contributed by atoms with Crippen LogP contribution in [-0.4, -0.2) is 255 Å². The normalized spacial score (nSPS) is 52.5. The Balaban J connectivity index is 1.23. The number of ether oxygens (including phenoxy) is 7. The summed E-state index contributed by atoms with van der Waals surface area (Å²) in [6.07, 6.45) is -36.3. The van der Waals surface area contributed by atoms with Gasteiger partial charge in [0, 0.05) is 0 Å². The molecule has 4 fully saturated rings. The van der Waals surface area contributed by atoms with Crippen molar-refractivity contribution in [2.75, 3.05) is 26.4 Å². The third-order valence-electron chi connectivity index (χ3n) is 10.6. The van der Waals surface area contributed by atoms with Crippen molar-refractivity contribution in [3.8, 4) is 0 Å². The molecule has 24 nitrogen and oxygen atoms in total. The van der Waals surface area contributed by atoms with Crippen LogP contribution in [0.4, 0.5) is 0 Å². The summed E-state index contributed by atoms with van der Waals surface area (Å²) in [4.78, 5) is 0. The van der Waals surface area contributed by atoms with Crippen LogP contribution in [-0.2, 0) is 33.2 Å². The zero-order valence-electron chi connectivity index (χ0n) is 29.3. The molecule has 320 valence electrons. The van der Waals surface area contributed by atoms with E-state index in [2.05, 4.69) is 5.32 Å². The molecule has 0 aromatic heterocycles. The predicted molar refractivity (Wildman–Crippen MR) is 170 cm³/mol. The lowest BCUT2D eigenvalue weighted by atomic mass is 9.86. The first kappa shape index (κ1) is 44.9. The van der Waals surface area contributed by atoms with Gasteiger partial charge in [-0.05, 0) is 12.5 Å². The molecule has 0 aromatic carbocycles. The monoisotopic (exact) mass is 807 g/mol. The highest BCUT2D eigenvalue weighted by atomic mass is 16.8. The Morgan fingerprint density at radius 1 is 0.509 bits per heavy atom. The van der Waals surface area contributed by atoms with Gasteiger partial charge in [0.25, 0.3) is 0 Å². The van der Waals surface area contributed by atoms with E-state index in [0.717, 1.165) is 0 Å². The molecular formula is C31H53NO23. The Labute approximate surface area is 312 Å². The van der Waals surface area contributed by atoms with Gasteiger partial charge in [-0.15, -0.1) is 0 Å². The smallest absolute Gasteiger partial charge is 0.187 e. The number of hydrogen-bond acceptors (Lipinski definition) is 24. The molecule has 24 atom stereocenters. The lowest BCUT2D eigenvalue weighted by Crippen LogP contribution is -2.68. The van der Waals surface area contributed by atoms with Gasteiger partial charge in [0.2, 0.25) is 0 Å². The summed E-state index contributed by atoms with van der Waals surface area (Å²) in [5, 5.41) is 169. The van der Waals surface area contributed by atoms with E-state index in [9.17, 15) is 81.7 Å². The maximum Gasteiger partial charge on any atom is 0.187 e.